The number of aryl methyl sites for hydroxylation is 1. The number of hydroxylamine groups is 2. The topological polar surface area (TPSA) is 57.2 Å². The van der Waals surface area contributed by atoms with Crippen LogP contribution in [0.5, 0.6) is 0 Å². The molecule has 0 amide bonds. The number of piperidine rings is 1. The number of halogens is 5. The normalized spacial score (nSPS) is 20.8. The second-order valence-electron chi connectivity index (χ2n) is 7.77. The Morgan fingerprint density at radius 2 is 1.91 bits per heavy atom. The molecule has 1 fully saturated rings. The maximum Gasteiger partial charge on any atom is 0.412 e. The van der Waals surface area contributed by atoms with Gasteiger partial charge >= 0.3 is 12.1 Å². The number of benzene rings is 1. The lowest BCUT2D eigenvalue weighted by Crippen LogP contribution is -2.46. The van der Waals surface area contributed by atoms with Crippen molar-refractivity contribution in [1.29, 1.82) is 0 Å². The Labute approximate surface area is 205 Å². The highest BCUT2D eigenvalue weighted by Gasteiger charge is 2.53. The zero-order valence-electron chi connectivity index (χ0n) is 18.1. The molecule has 2 aliphatic heterocycles. The van der Waals surface area contributed by atoms with Crippen LogP contribution >= 0.6 is 29.7 Å². The number of carbonyl (C=O) groups is 1. The number of rotatable bonds is 7. The van der Waals surface area contributed by atoms with Gasteiger partial charge in [-0.25, -0.2) is 4.79 Å². The number of nitrogens with zero attached hydrogens (tertiary/aromatic N) is 1. The van der Waals surface area contributed by atoms with Crippen LogP contribution in [0.3, 0.4) is 0 Å². The van der Waals surface area contributed by atoms with Gasteiger partial charge < -0.3 is 13.8 Å². The minimum Gasteiger partial charge on any atom is -0.447 e. The molecular weight excluding hydrogens is 525 g/mol. The first kappa shape index (κ1) is 26.7. The summed E-state index contributed by atoms with van der Waals surface area (Å²) in [4.78, 5) is 18.6. The summed E-state index contributed by atoms with van der Waals surface area (Å²) in [7, 11) is 0. The van der Waals surface area contributed by atoms with E-state index in [9.17, 15) is 18.0 Å². The summed E-state index contributed by atoms with van der Waals surface area (Å²) in [5.74, 6) is -0.656. The van der Waals surface area contributed by atoms with Crippen molar-refractivity contribution >= 4 is 53.0 Å². The summed E-state index contributed by atoms with van der Waals surface area (Å²) >= 11 is 17.8. The third-order valence-electron chi connectivity index (χ3n) is 5.20. The van der Waals surface area contributed by atoms with Crippen LogP contribution in [0.2, 0.25) is 10.0 Å². The van der Waals surface area contributed by atoms with E-state index in [2.05, 4.69) is 0 Å². The molecule has 1 aromatic carbocycles. The van der Waals surface area contributed by atoms with Crippen LogP contribution in [-0.4, -0.2) is 55.8 Å². The van der Waals surface area contributed by atoms with Crippen LogP contribution < -0.4 is 0 Å². The van der Waals surface area contributed by atoms with Crippen molar-refractivity contribution in [1.82, 2.24) is 5.06 Å². The molecule has 1 spiro atoms. The molecule has 1 aromatic rings. The molecule has 0 aliphatic carbocycles. The molecule has 1 saturated heterocycles. The molecule has 0 saturated carbocycles. The Kier molecular flexibility index (Phi) is 8.11. The van der Waals surface area contributed by atoms with Gasteiger partial charge in [-0.05, 0) is 43.4 Å². The van der Waals surface area contributed by atoms with E-state index in [1.165, 1.54) is 12.7 Å². The molecule has 3 rings (SSSR count). The first-order valence-corrected chi connectivity index (χ1v) is 13.9. The van der Waals surface area contributed by atoms with Crippen molar-refractivity contribution < 1.29 is 36.6 Å². The molecule has 0 radical (unpaired) electrons. The molecule has 33 heavy (non-hydrogen) atoms. The number of hydrogen-bond acceptors (Lipinski definition) is 7. The number of alkyl halides is 3. The molecule has 0 N–H and O–H groups in total. The average molecular weight is 548 g/mol. The van der Waals surface area contributed by atoms with Gasteiger partial charge in [-0.2, -0.15) is 18.2 Å². The lowest BCUT2D eigenvalue weighted by Gasteiger charge is -2.39. The van der Waals surface area contributed by atoms with Gasteiger partial charge in [0, 0.05) is 43.2 Å². The number of carbonyl (C=O) groups excluding carboxylic acids is 1. The lowest BCUT2D eigenvalue weighted by atomic mass is 9.87. The monoisotopic (exact) mass is 547 g/mol. The van der Waals surface area contributed by atoms with E-state index in [-0.39, 0.29) is 29.2 Å². The SMILES string of the molecule is CCON1CCC2(CC1)OC(=O)C(c1c(C)cc(Cl)cc1Cl)=C2OP(C)(=S)OCC(F)(F)F. The predicted molar refractivity (Wildman–Crippen MR) is 123 cm³/mol. The minimum absolute atomic E-state index is 0.0192. The Hall–Kier alpha value is -0.870. The second-order valence-corrected chi connectivity index (χ2v) is 12.6. The van der Waals surface area contributed by atoms with Crippen molar-refractivity contribution in [2.45, 2.75) is 38.5 Å². The van der Waals surface area contributed by atoms with Crippen molar-refractivity contribution in [2.75, 3.05) is 33.0 Å². The number of esters is 1. The summed E-state index contributed by atoms with van der Waals surface area (Å²) in [6.45, 7) is 1.08. The Balaban J connectivity index is 2.08. The van der Waals surface area contributed by atoms with Crippen LogP contribution in [0.25, 0.3) is 5.57 Å². The standard InChI is InChI=1S/C20H23Cl2F3NO5PS/c1-4-28-26-7-5-19(6-8-26)17(31-32(3,33)29-11-20(23,24)25)16(18(27)30-19)15-12(2)9-13(21)10-14(15)22/h9-10H,4-8,11H2,1-3H3. The Morgan fingerprint density at radius 1 is 1.27 bits per heavy atom. The smallest absolute Gasteiger partial charge is 0.412 e. The molecule has 0 aromatic heterocycles. The van der Waals surface area contributed by atoms with Gasteiger partial charge in [-0.15, -0.1) is 0 Å². The van der Waals surface area contributed by atoms with E-state index in [0.717, 1.165) is 0 Å². The minimum atomic E-state index is -4.58. The fourth-order valence-corrected chi connectivity index (χ4v) is 5.92. The predicted octanol–water partition coefficient (Wildman–Crippen LogP) is 5.89. The quantitative estimate of drug-likeness (QED) is 0.311. The van der Waals surface area contributed by atoms with Gasteiger partial charge in [0.1, 0.15) is 5.57 Å². The van der Waals surface area contributed by atoms with Gasteiger partial charge in [-0.3, -0.25) is 4.84 Å². The summed E-state index contributed by atoms with van der Waals surface area (Å²) in [6, 6.07) is 3.08. The molecular formula is C20H23Cl2F3NO5PS. The van der Waals surface area contributed by atoms with Crippen molar-refractivity contribution in [3.63, 3.8) is 0 Å². The molecule has 0 bridgehead atoms. The first-order chi connectivity index (χ1) is 15.3. The third-order valence-corrected chi connectivity index (χ3v) is 7.37. The molecule has 2 aliphatic rings. The maximum absolute atomic E-state index is 13.1. The molecule has 1 atom stereocenters. The van der Waals surface area contributed by atoms with Crippen LogP contribution in [0.1, 0.15) is 30.9 Å². The largest absolute Gasteiger partial charge is 0.447 e. The fraction of sp³-hybridized carbons (Fsp3) is 0.550. The van der Waals surface area contributed by atoms with Crippen LogP contribution in [0.15, 0.2) is 17.9 Å². The first-order valence-electron chi connectivity index (χ1n) is 10.1. The van der Waals surface area contributed by atoms with Crippen molar-refractivity contribution in [3.05, 3.63) is 39.1 Å². The van der Waals surface area contributed by atoms with Gasteiger partial charge in [0.25, 0.3) is 0 Å². The van der Waals surface area contributed by atoms with E-state index in [4.69, 9.17) is 53.6 Å². The van der Waals surface area contributed by atoms with E-state index in [1.54, 1.807) is 18.1 Å². The summed E-state index contributed by atoms with van der Waals surface area (Å²) in [6.07, 6.45) is -4.01. The van der Waals surface area contributed by atoms with Crippen molar-refractivity contribution in [2.24, 2.45) is 0 Å². The fourth-order valence-electron chi connectivity index (χ4n) is 3.83. The highest BCUT2D eigenvalue weighted by atomic mass is 35.5. The summed E-state index contributed by atoms with van der Waals surface area (Å²) in [5, 5.41) is 2.28. The zero-order valence-corrected chi connectivity index (χ0v) is 21.4. The van der Waals surface area contributed by atoms with E-state index < -0.39 is 30.8 Å². The number of hydrogen-bond donors (Lipinski definition) is 0. The summed E-state index contributed by atoms with van der Waals surface area (Å²) < 4.78 is 55.0. The van der Waals surface area contributed by atoms with Crippen LogP contribution in [0.4, 0.5) is 13.2 Å². The molecule has 2 heterocycles. The highest BCUT2D eigenvalue weighted by molar-refractivity contribution is 8.09. The van der Waals surface area contributed by atoms with E-state index >= 15 is 0 Å². The average Bonchev–Trinajstić information content (AvgIpc) is 2.92. The van der Waals surface area contributed by atoms with Crippen LogP contribution in [-0.2, 0) is 35.2 Å². The van der Waals surface area contributed by atoms with Crippen LogP contribution in [0, 0.1) is 6.92 Å². The van der Waals surface area contributed by atoms with Crippen molar-refractivity contribution in [3.8, 4) is 0 Å². The third kappa shape index (κ3) is 6.23. The Bertz CT molecular complexity index is 989. The zero-order chi connectivity index (χ0) is 24.6. The summed E-state index contributed by atoms with van der Waals surface area (Å²) in [5.41, 5.74) is -0.302. The van der Waals surface area contributed by atoms with E-state index in [1.807, 2.05) is 6.92 Å². The molecule has 6 nitrogen and oxygen atoms in total. The number of ether oxygens (including phenoxy) is 1. The Morgan fingerprint density at radius 3 is 2.45 bits per heavy atom. The molecule has 184 valence electrons. The molecule has 13 heteroatoms. The molecule has 1 unspecified atom stereocenters. The van der Waals surface area contributed by atoms with Gasteiger partial charge in [0.05, 0.1) is 11.6 Å². The van der Waals surface area contributed by atoms with Gasteiger partial charge in [-0.1, -0.05) is 23.2 Å². The highest BCUT2D eigenvalue weighted by Crippen LogP contribution is 2.56. The maximum atomic E-state index is 13.1. The lowest BCUT2D eigenvalue weighted by molar-refractivity contribution is -0.194. The van der Waals surface area contributed by atoms with Gasteiger partial charge in [0.15, 0.2) is 18.0 Å². The van der Waals surface area contributed by atoms with Gasteiger partial charge in [0.2, 0.25) is 6.49 Å². The van der Waals surface area contributed by atoms with E-state index in [0.29, 0.717) is 35.8 Å². The second kappa shape index (κ2) is 10.0.